The summed E-state index contributed by atoms with van der Waals surface area (Å²) in [7, 11) is 0. The van der Waals surface area contributed by atoms with Crippen LogP contribution in [0, 0.1) is 6.92 Å². The van der Waals surface area contributed by atoms with Crippen molar-refractivity contribution in [3.05, 3.63) is 47.3 Å². The molecule has 0 fully saturated rings. The summed E-state index contributed by atoms with van der Waals surface area (Å²) in [4.78, 5) is 12.5. The van der Waals surface area contributed by atoms with Crippen molar-refractivity contribution in [3.8, 4) is 5.82 Å². The summed E-state index contributed by atoms with van der Waals surface area (Å²) in [6.07, 6.45) is 0. The van der Waals surface area contributed by atoms with Gasteiger partial charge in [0.25, 0.3) is 5.91 Å². The van der Waals surface area contributed by atoms with E-state index in [1.54, 1.807) is 13.8 Å². The second-order valence-corrected chi connectivity index (χ2v) is 4.91. The van der Waals surface area contributed by atoms with Crippen LogP contribution in [0.25, 0.3) is 5.82 Å². The zero-order chi connectivity index (χ0) is 17.1. The molecule has 24 heavy (non-hydrogen) atoms. The van der Waals surface area contributed by atoms with Crippen LogP contribution in [0.1, 0.15) is 28.7 Å². The second kappa shape index (κ2) is 6.28. The Kier molecular flexibility index (Phi) is 4.01. The Hall–Kier alpha value is -3.56. The lowest BCUT2D eigenvalue weighted by Crippen LogP contribution is -2.23. The first-order valence-electron chi connectivity index (χ1n) is 6.98. The van der Waals surface area contributed by atoms with Gasteiger partial charge in [0.2, 0.25) is 11.6 Å². The van der Waals surface area contributed by atoms with Crippen molar-refractivity contribution in [1.29, 1.82) is 0 Å². The molecular weight excluding hydrogens is 312 g/mol. The first kappa shape index (κ1) is 15.3. The molecule has 0 saturated heterocycles. The molecule has 0 aliphatic heterocycles. The van der Waals surface area contributed by atoms with Gasteiger partial charge in [-0.3, -0.25) is 4.79 Å². The Bertz CT molecular complexity index is 897. The van der Waals surface area contributed by atoms with Crippen molar-refractivity contribution in [2.45, 2.75) is 13.8 Å². The molecule has 0 aliphatic carbocycles. The molecule has 3 N–H and O–H groups in total. The van der Waals surface area contributed by atoms with E-state index in [-0.39, 0.29) is 17.3 Å². The third-order valence-corrected chi connectivity index (χ3v) is 3.27. The molecule has 10 nitrogen and oxygen atoms in total. The highest BCUT2D eigenvalue weighted by atomic mass is 16.6. The van der Waals surface area contributed by atoms with E-state index in [0.29, 0.717) is 11.4 Å². The third-order valence-electron chi connectivity index (χ3n) is 3.27. The van der Waals surface area contributed by atoms with E-state index in [1.165, 1.54) is 0 Å². The molecule has 0 atom stereocenters. The van der Waals surface area contributed by atoms with Gasteiger partial charge < -0.3 is 5.73 Å². The Morgan fingerprint density at radius 3 is 2.71 bits per heavy atom. The van der Waals surface area contributed by atoms with Gasteiger partial charge in [-0.15, -0.1) is 5.10 Å². The molecule has 3 rings (SSSR count). The molecule has 0 saturated carbocycles. The molecule has 0 bridgehead atoms. The van der Waals surface area contributed by atoms with Crippen molar-refractivity contribution in [2.75, 3.05) is 5.73 Å². The molecule has 1 amide bonds. The van der Waals surface area contributed by atoms with Crippen LogP contribution in [0.2, 0.25) is 0 Å². The highest BCUT2D eigenvalue weighted by molar-refractivity contribution is 6.00. The number of aromatic nitrogens is 5. The molecule has 10 heteroatoms. The van der Waals surface area contributed by atoms with Gasteiger partial charge in [0.05, 0.1) is 11.4 Å². The summed E-state index contributed by atoms with van der Waals surface area (Å²) < 4.78 is 5.68. The highest BCUT2D eigenvalue weighted by Crippen LogP contribution is 2.15. The van der Waals surface area contributed by atoms with Crippen molar-refractivity contribution in [3.63, 3.8) is 0 Å². The van der Waals surface area contributed by atoms with Gasteiger partial charge >= 0.3 is 0 Å². The molecule has 3 aromatic rings. The van der Waals surface area contributed by atoms with Crippen LogP contribution in [0.4, 0.5) is 5.82 Å². The number of aryl methyl sites for hydroxylation is 1. The zero-order valence-corrected chi connectivity index (χ0v) is 13.0. The monoisotopic (exact) mass is 326 g/mol. The number of rotatable bonds is 4. The molecule has 122 valence electrons. The number of amides is 1. The largest absolute Gasteiger partial charge is 0.378 e. The fraction of sp³-hybridized carbons (Fsp3) is 0.143. The lowest BCUT2D eigenvalue weighted by atomic mass is 10.1. The number of hydrazone groups is 1. The summed E-state index contributed by atoms with van der Waals surface area (Å²) >= 11 is 0. The molecular formula is C14H14N8O2. The fourth-order valence-electron chi connectivity index (χ4n) is 2.04. The quantitative estimate of drug-likeness (QED) is 0.531. The van der Waals surface area contributed by atoms with E-state index in [2.05, 4.69) is 35.8 Å². The van der Waals surface area contributed by atoms with E-state index in [4.69, 9.17) is 5.73 Å². The molecule has 2 heterocycles. The molecule has 1 aromatic carbocycles. The predicted octanol–water partition coefficient (Wildman–Crippen LogP) is 0.695. The van der Waals surface area contributed by atoms with Gasteiger partial charge in [-0.2, -0.15) is 9.78 Å². The maximum Gasteiger partial charge on any atom is 0.292 e. The number of hydrogen-bond acceptors (Lipinski definition) is 8. The Morgan fingerprint density at radius 2 is 2.04 bits per heavy atom. The number of carbonyl (C=O) groups excluding carboxylic acids is 1. The van der Waals surface area contributed by atoms with Crippen molar-refractivity contribution in [2.24, 2.45) is 5.10 Å². The van der Waals surface area contributed by atoms with E-state index >= 15 is 0 Å². The number of nitrogens with zero attached hydrogens (tertiary/aromatic N) is 6. The van der Waals surface area contributed by atoms with Crippen LogP contribution in [0.3, 0.4) is 0 Å². The summed E-state index contributed by atoms with van der Waals surface area (Å²) in [6, 6.07) is 9.46. The number of nitrogen functional groups attached to an aromatic ring is 1. The zero-order valence-electron chi connectivity index (χ0n) is 13.0. The Labute approximate surface area is 136 Å². The summed E-state index contributed by atoms with van der Waals surface area (Å²) in [5, 5.41) is 18.9. The maximum absolute atomic E-state index is 12.5. The molecule has 0 spiro atoms. The molecule has 0 unspecified atom stereocenters. The third kappa shape index (κ3) is 2.84. The van der Waals surface area contributed by atoms with Gasteiger partial charge in [0.1, 0.15) is 0 Å². The first-order chi connectivity index (χ1) is 11.6. The fourth-order valence-corrected chi connectivity index (χ4v) is 2.04. The predicted molar refractivity (Wildman–Crippen MR) is 84.5 cm³/mol. The lowest BCUT2D eigenvalue weighted by Gasteiger charge is -2.04. The minimum Gasteiger partial charge on any atom is -0.378 e. The van der Waals surface area contributed by atoms with Crippen LogP contribution in [-0.2, 0) is 0 Å². The van der Waals surface area contributed by atoms with Crippen LogP contribution in [0.15, 0.2) is 40.1 Å². The summed E-state index contributed by atoms with van der Waals surface area (Å²) in [5.41, 5.74) is 10.2. The normalized spacial score (nSPS) is 11.5. The standard InChI is InChI=1S/C14H14N8O2/c1-8(10-6-4-3-5-7-10)16-18-14(23)11-9(2)17-21-22(11)13-12(15)19-24-20-13/h3-7H,1-2H3,(H2,15,19)(H,18,23). The molecule has 2 aromatic heterocycles. The average Bonchev–Trinajstić information content (AvgIpc) is 3.18. The van der Waals surface area contributed by atoms with E-state index in [0.717, 1.165) is 10.2 Å². The van der Waals surface area contributed by atoms with Gasteiger partial charge in [-0.1, -0.05) is 35.5 Å². The topological polar surface area (TPSA) is 137 Å². The molecule has 0 radical (unpaired) electrons. The number of nitrogens with two attached hydrogens (primary N) is 1. The van der Waals surface area contributed by atoms with E-state index in [9.17, 15) is 4.79 Å². The van der Waals surface area contributed by atoms with Gasteiger partial charge in [-0.25, -0.2) is 10.1 Å². The van der Waals surface area contributed by atoms with Crippen LogP contribution in [0.5, 0.6) is 0 Å². The minimum atomic E-state index is -0.504. The van der Waals surface area contributed by atoms with Crippen molar-refractivity contribution in [1.82, 2.24) is 30.7 Å². The maximum atomic E-state index is 12.5. The smallest absolute Gasteiger partial charge is 0.292 e. The number of benzene rings is 1. The second-order valence-electron chi connectivity index (χ2n) is 4.91. The van der Waals surface area contributed by atoms with E-state index in [1.807, 2.05) is 30.3 Å². The van der Waals surface area contributed by atoms with Gasteiger partial charge in [-0.05, 0) is 29.7 Å². The van der Waals surface area contributed by atoms with Crippen molar-refractivity contribution < 1.29 is 9.42 Å². The number of carbonyl (C=O) groups is 1. The van der Waals surface area contributed by atoms with Crippen LogP contribution >= 0.6 is 0 Å². The number of anilines is 1. The Morgan fingerprint density at radius 1 is 1.29 bits per heavy atom. The van der Waals surface area contributed by atoms with Crippen LogP contribution in [-0.4, -0.2) is 36.9 Å². The summed E-state index contributed by atoms with van der Waals surface area (Å²) in [5.74, 6) is -0.419. The number of hydrogen-bond donors (Lipinski definition) is 2. The number of nitrogens with one attached hydrogen (secondary N) is 1. The molecule has 0 aliphatic rings. The lowest BCUT2D eigenvalue weighted by molar-refractivity contribution is 0.0946. The van der Waals surface area contributed by atoms with Crippen LogP contribution < -0.4 is 11.2 Å². The first-order valence-corrected chi connectivity index (χ1v) is 6.98. The Balaban J connectivity index is 1.86. The average molecular weight is 326 g/mol. The highest BCUT2D eigenvalue weighted by Gasteiger charge is 2.22. The van der Waals surface area contributed by atoms with Gasteiger partial charge in [0, 0.05) is 0 Å². The minimum absolute atomic E-state index is 0.00193. The van der Waals surface area contributed by atoms with E-state index < -0.39 is 5.91 Å². The SMILES string of the molecule is CC(=NNC(=O)c1c(C)nnn1-c1nonc1N)c1ccccc1. The summed E-state index contributed by atoms with van der Waals surface area (Å²) in [6.45, 7) is 3.42. The van der Waals surface area contributed by atoms with Crippen molar-refractivity contribution >= 4 is 17.4 Å². The van der Waals surface area contributed by atoms with Gasteiger partial charge in [0.15, 0.2) is 5.69 Å².